The molecule has 0 spiro atoms. The molecular weight excluding hydrogens is 336 g/mol. The summed E-state index contributed by atoms with van der Waals surface area (Å²) in [6, 6.07) is 10.5. The minimum absolute atomic E-state index is 0.0135. The Hall–Kier alpha value is -2.44. The second kappa shape index (κ2) is 6.07. The Bertz CT molecular complexity index is 835. The maximum Gasteiger partial charge on any atom is 0.160 e. The minimum Gasteiger partial charge on any atom is -0.504 e. The molecule has 0 unspecified atom stereocenters. The Morgan fingerprint density at radius 2 is 1.65 bits per heavy atom. The largest absolute Gasteiger partial charge is 0.504 e. The molecule has 1 aliphatic carbocycles. The molecule has 4 rings (SSSR count). The van der Waals surface area contributed by atoms with Gasteiger partial charge >= 0.3 is 0 Å². The van der Waals surface area contributed by atoms with Crippen LogP contribution in [0, 0.1) is 11.8 Å². The second-order valence-electron chi connectivity index (χ2n) is 6.88. The Labute approximate surface area is 151 Å². The number of methoxy groups -OCH3 is 2. The van der Waals surface area contributed by atoms with Crippen LogP contribution < -0.4 is 9.47 Å². The zero-order valence-corrected chi connectivity index (χ0v) is 14.7. The van der Waals surface area contributed by atoms with E-state index in [0.29, 0.717) is 11.5 Å². The lowest BCUT2D eigenvalue weighted by Crippen LogP contribution is -2.48. The van der Waals surface area contributed by atoms with E-state index in [0.717, 1.165) is 17.5 Å². The number of aliphatic hydroxyl groups is 1. The summed E-state index contributed by atoms with van der Waals surface area (Å²) in [5, 5.41) is 29.5. The van der Waals surface area contributed by atoms with E-state index in [1.165, 1.54) is 14.2 Å². The highest BCUT2D eigenvalue weighted by Gasteiger charge is 2.76. The molecule has 6 nitrogen and oxygen atoms in total. The van der Waals surface area contributed by atoms with Gasteiger partial charge < -0.3 is 29.5 Å². The van der Waals surface area contributed by atoms with Crippen LogP contribution >= 0.6 is 0 Å². The van der Waals surface area contributed by atoms with E-state index in [1.54, 1.807) is 18.2 Å². The molecule has 0 radical (unpaired) electrons. The fraction of sp³-hybridized carbons (Fsp3) is 0.400. The van der Waals surface area contributed by atoms with Crippen LogP contribution in [0.15, 0.2) is 36.4 Å². The summed E-state index contributed by atoms with van der Waals surface area (Å²) in [4.78, 5) is 0. The summed E-state index contributed by atoms with van der Waals surface area (Å²) in [7, 11) is 3.03. The van der Waals surface area contributed by atoms with Crippen LogP contribution in [0.3, 0.4) is 0 Å². The Balaban J connectivity index is 1.56. The third kappa shape index (κ3) is 2.33. The molecule has 4 atom stereocenters. The third-order valence-electron chi connectivity index (χ3n) is 5.69. The van der Waals surface area contributed by atoms with E-state index in [2.05, 4.69) is 0 Å². The van der Waals surface area contributed by atoms with E-state index in [4.69, 9.17) is 14.2 Å². The molecule has 3 N–H and O–H groups in total. The maximum absolute atomic E-state index is 9.96. The number of phenolic OH excluding ortho intramolecular Hbond substituents is 2. The van der Waals surface area contributed by atoms with Gasteiger partial charge in [0, 0.05) is 18.4 Å². The summed E-state index contributed by atoms with van der Waals surface area (Å²) in [5.74, 6) is 1.16. The first kappa shape index (κ1) is 17.0. The van der Waals surface area contributed by atoms with Crippen molar-refractivity contribution in [2.24, 2.45) is 11.8 Å². The van der Waals surface area contributed by atoms with Crippen molar-refractivity contribution in [3.8, 4) is 23.0 Å². The van der Waals surface area contributed by atoms with Gasteiger partial charge in [0.2, 0.25) is 0 Å². The van der Waals surface area contributed by atoms with Crippen molar-refractivity contribution in [2.45, 2.75) is 18.1 Å². The zero-order chi connectivity index (χ0) is 18.5. The highest BCUT2D eigenvalue weighted by atomic mass is 16.6. The van der Waals surface area contributed by atoms with Gasteiger partial charge in [-0.25, -0.2) is 0 Å². The van der Waals surface area contributed by atoms with Crippen LogP contribution in [0.5, 0.6) is 23.0 Å². The van der Waals surface area contributed by atoms with Gasteiger partial charge in [-0.15, -0.1) is 0 Å². The summed E-state index contributed by atoms with van der Waals surface area (Å²) >= 11 is 0. The van der Waals surface area contributed by atoms with E-state index in [9.17, 15) is 15.3 Å². The summed E-state index contributed by atoms with van der Waals surface area (Å²) in [6.07, 6.45) is 0.748. The van der Waals surface area contributed by atoms with Crippen LogP contribution in [0.2, 0.25) is 0 Å². The number of aliphatic hydroxyl groups excluding tert-OH is 1. The predicted molar refractivity (Wildman–Crippen MR) is 93.6 cm³/mol. The topological polar surface area (TPSA) is 91.7 Å². The van der Waals surface area contributed by atoms with E-state index in [1.807, 2.05) is 18.2 Å². The van der Waals surface area contributed by atoms with Crippen molar-refractivity contribution in [1.82, 2.24) is 0 Å². The highest BCUT2D eigenvalue weighted by Crippen LogP contribution is 2.68. The lowest BCUT2D eigenvalue weighted by atomic mass is 9.60. The van der Waals surface area contributed by atoms with Crippen LogP contribution in [0.1, 0.15) is 11.1 Å². The molecule has 1 saturated heterocycles. The number of rotatable bonds is 6. The fourth-order valence-corrected chi connectivity index (χ4v) is 4.30. The van der Waals surface area contributed by atoms with Gasteiger partial charge in [-0.05, 0) is 41.8 Å². The van der Waals surface area contributed by atoms with E-state index in [-0.39, 0.29) is 36.0 Å². The standard InChI is InChI=1S/C20H22O6/c1-24-17-8-11(3-5-15(17)22)7-13-14(10-21)20(19(13)26-20)12-4-6-16(23)18(9-12)25-2/h3-6,8-9,13-14,19,21-23H,7,10H2,1-2H3/t13-,14+,19+,20-/m1/s1. The normalized spacial score (nSPS) is 28.8. The van der Waals surface area contributed by atoms with Crippen molar-refractivity contribution < 1.29 is 29.5 Å². The molecule has 1 heterocycles. The monoisotopic (exact) mass is 358 g/mol. The summed E-state index contributed by atoms with van der Waals surface area (Å²) in [6.45, 7) is 0.0135. The summed E-state index contributed by atoms with van der Waals surface area (Å²) < 4.78 is 16.4. The van der Waals surface area contributed by atoms with Gasteiger partial charge in [0.15, 0.2) is 23.0 Å². The molecule has 0 aromatic heterocycles. The first-order valence-electron chi connectivity index (χ1n) is 8.57. The lowest BCUT2D eigenvalue weighted by Gasteiger charge is -2.39. The van der Waals surface area contributed by atoms with Crippen molar-refractivity contribution in [2.75, 3.05) is 20.8 Å². The fourth-order valence-electron chi connectivity index (χ4n) is 4.30. The second-order valence-corrected chi connectivity index (χ2v) is 6.88. The quantitative estimate of drug-likeness (QED) is 0.686. The summed E-state index contributed by atoms with van der Waals surface area (Å²) in [5.41, 5.74) is 1.44. The number of hydrogen-bond acceptors (Lipinski definition) is 6. The molecule has 2 fully saturated rings. The number of phenols is 2. The van der Waals surface area contributed by atoms with Gasteiger partial charge in [-0.2, -0.15) is 0 Å². The van der Waals surface area contributed by atoms with Crippen LogP contribution in [0.25, 0.3) is 0 Å². The Kier molecular flexibility index (Phi) is 3.97. The third-order valence-corrected chi connectivity index (χ3v) is 5.69. The first-order valence-corrected chi connectivity index (χ1v) is 8.57. The van der Waals surface area contributed by atoms with Gasteiger partial charge in [0.25, 0.3) is 0 Å². The van der Waals surface area contributed by atoms with Gasteiger partial charge in [-0.3, -0.25) is 0 Å². The Morgan fingerprint density at radius 1 is 1.00 bits per heavy atom. The smallest absolute Gasteiger partial charge is 0.160 e. The van der Waals surface area contributed by atoms with Crippen LogP contribution in [-0.2, 0) is 16.8 Å². The average Bonchev–Trinajstić information content (AvgIpc) is 3.31. The molecule has 6 heteroatoms. The molecule has 1 aliphatic heterocycles. The molecule has 2 aromatic carbocycles. The van der Waals surface area contributed by atoms with Crippen LogP contribution in [-0.4, -0.2) is 42.3 Å². The number of epoxide rings is 1. The molecule has 1 saturated carbocycles. The number of benzene rings is 2. The van der Waals surface area contributed by atoms with Crippen molar-refractivity contribution in [3.63, 3.8) is 0 Å². The molecule has 0 amide bonds. The zero-order valence-electron chi connectivity index (χ0n) is 14.7. The van der Waals surface area contributed by atoms with E-state index >= 15 is 0 Å². The molecular formula is C20H22O6. The highest BCUT2D eigenvalue weighted by molar-refractivity contribution is 5.48. The molecule has 26 heavy (non-hydrogen) atoms. The van der Waals surface area contributed by atoms with Crippen molar-refractivity contribution in [3.05, 3.63) is 47.5 Å². The minimum atomic E-state index is -0.499. The van der Waals surface area contributed by atoms with Gasteiger partial charge in [-0.1, -0.05) is 12.1 Å². The maximum atomic E-state index is 9.96. The van der Waals surface area contributed by atoms with E-state index < -0.39 is 5.60 Å². The average molecular weight is 358 g/mol. The van der Waals surface area contributed by atoms with Crippen molar-refractivity contribution >= 4 is 0 Å². The number of hydrogen-bond donors (Lipinski definition) is 3. The molecule has 0 bridgehead atoms. The van der Waals surface area contributed by atoms with Gasteiger partial charge in [0.1, 0.15) is 5.60 Å². The number of aromatic hydroxyl groups is 2. The Morgan fingerprint density at radius 3 is 2.31 bits per heavy atom. The number of ether oxygens (including phenoxy) is 3. The molecule has 2 aliphatic rings. The van der Waals surface area contributed by atoms with Crippen molar-refractivity contribution in [1.29, 1.82) is 0 Å². The SMILES string of the molecule is COc1cc(C[C@@H]2[C@H](CO)[C@@]3(c4ccc(O)c(OC)c4)O[C@@H]23)ccc1O. The molecule has 138 valence electrons. The lowest BCUT2D eigenvalue weighted by molar-refractivity contribution is 0.0699. The first-order chi connectivity index (χ1) is 12.5. The predicted octanol–water partition coefficient (Wildman–Crippen LogP) is 2.19. The number of fused-ring (bicyclic) bond motifs is 1. The van der Waals surface area contributed by atoms with Crippen LogP contribution in [0.4, 0.5) is 0 Å². The van der Waals surface area contributed by atoms with Gasteiger partial charge in [0.05, 0.1) is 20.3 Å². The molecule has 2 aromatic rings.